The zero-order valence-corrected chi connectivity index (χ0v) is 11.8. The van der Waals surface area contributed by atoms with E-state index in [1.54, 1.807) is 6.20 Å². The molecule has 0 spiro atoms. The standard InChI is InChI=1S/C14H13BrN4/c15-10-4-3-9-17-14(10)19-12-6-2-1-5-11(12)18-13(19)7-8-16/h1-6,9H,7-8,16H2. The first-order valence-corrected chi connectivity index (χ1v) is 6.88. The van der Waals surface area contributed by atoms with Crippen LogP contribution in [0.25, 0.3) is 16.9 Å². The quantitative estimate of drug-likeness (QED) is 0.808. The number of hydrogen-bond acceptors (Lipinski definition) is 3. The summed E-state index contributed by atoms with van der Waals surface area (Å²) in [6, 6.07) is 11.9. The monoisotopic (exact) mass is 316 g/mol. The first-order valence-electron chi connectivity index (χ1n) is 6.08. The first-order chi connectivity index (χ1) is 9.31. The molecular formula is C14H13BrN4. The lowest BCUT2D eigenvalue weighted by atomic mass is 10.3. The number of rotatable bonds is 3. The van der Waals surface area contributed by atoms with Crippen molar-refractivity contribution in [1.29, 1.82) is 0 Å². The van der Waals surface area contributed by atoms with Crippen molar-refractivity contribution in [3.8, 4) is 5.82 Å². The van der Waals surface area contributed by atoms with Crippen molar-refractivity contribution in [1.82, 2.24) is 14.5 Å². The van der Waals surface area contributed by atoms with Gasteiger partial charge >= 0.3 is 0 Å². The number of aromatic nitrogens is 3. The summed E-state index contributed by atoms with van der Waals surface area (Å²) in [4.78, 5) is 9.09. The molecule has 0 atom stereocenters. The molecule has 2 N–H and O–H groups in total. The molecular weight excluding hydrogens is 304 g/mol. The van der Waals surface area contributed by atoms with Gasteiger partial charge < -0.3 is 5.73 Å². The molecule has 2 heterocycles. The van der Waals surface area contributed by atoms with Crippen LogP contribution < -0.4 is 5.73 Å². The average molecular weight is 317 g/mol. The molecule has 1 aromatic carbocycles. The third-order valence-electron chi connectivity index (χ3n) is 2.95. The van der Waals surface area contributed by atoms with Gasteiger partial charge in [0, 0.05) is 12.6 Å². The molecule has 3 aromatic rings. The highest BCUT2D eigenvalue weighted by Gasteiger charge is 2.14. The zero-order valence-electron chi connectivity index (χ0n) is 10.3. The Bertz CT molecular complexity index is 720. The molecule has 0 aliphatic heterocycles. The minimum Gasteiger partial charge on any atom is -0.330 e. The number of pyridine rings is 1. The molecule has 0 aliphatic rings. The summed E-state index contributed by atoms with van der Waals surface area (Å²) in [5.74, 6) is 1.78. The SMILES string of the molecule is NCCc1nc2ccccc2n1-c1ncccc1Br. The zero-order chi connectivity index (χ0) is 13.2. The second kappa shape index (κ2) is 5.11. The molecule has 0 saturated carbocycles. The Balaban J connectivity index is 2.31. The molecule has 96 valence electrons. The maximum absolute atomic E-state index is 5.68. The predicted octanol–water partition coefficient (Wildman–Crippen LogP) is 2.68. The van der Waals surface area contributed by atoms with Gasteiger partial charge in [-0.3, -0.25) is 4.57 Å². The van der Waals surface area contributed by atoms with Crippen molar-refractivity contribution < 1.29 is 0 Å². The minimum atomic E-state index is 0.563. The molecule has 0 bridgehead atoms. The van der Waals surface area contributed by atoms with E-state index in [1.165, 1.54) is 0 Å². The lowest BCUT2D eigenvalue weighted by molar-refractivity contribution is 0.833. The third-order valence-corrected chi connectivity index (χ3v) is 3.57. The van der Waals surface area contributed by atoms with Crippen molar-refractivity contribution in [2.45, 2.75) is 6.42 Å². The predicted molar refractivity (Wildman–Crippen MR) is 79.3 cm³/mol. The Morgan fingerprint density at radius 2 is 2.00 bits per heavy atom. The number of nitrogens with two attached hydrogens (primary N) is 1. The molecule has 0 unspecified atom stereocenters. The van der Waals surface area contributed by atoms with Crippen molar-refractivity contribution in [3.05, 3.63) is 52.9 Å². The number of fused-ring (bicyclic) bond motifs is 1. The van der Waals surface area contributed by atoms with Crippen molar-refractivity contribution >= 4 is 27.0 Å². The number of hydrogen-bond donors (Lipinski definition) is 1. The fraction of sp³-hybridized carbons (Fsp3) is 0.143. The Hall–Kier alpha value is -1.72. The number of para-hydroxylation sites is 2. The van der Waals surface area contributed by atoms with E-state index in [0.717, 1.165) is 33.6 Å². The van der Waals surface area contributed by atoms with E-state index in [9.17, 15) is 0 Å². The van der Waals surface area contributed by atoms with Gasteiger partial charge in [0.25, 0.3) is 0 Å². The number of imidazole rings is 1. The lowest BCUT2D eigenvalue weighted by Gasteiger charge is -2.09. The molecule has 19 heavy (non-hydrogen) atoms. The van der Waals surface area contributed by atoms with Crippen LogP contribution in [-0.2, 0) is 6.42 Å². The fourth-order valence-electron chi connectivity index (χ4n) is 2.15. The van der Waals surface area contributed by atoms with Gasteiger partial charge in [0.1, 0.15) is 5.82 Å². The fourth-order valence-corrected chi connectivity index (χ4v) is 2.58. The van der Waals surface area contributed by atoms with Crippen molar-refractivity contribution in [2.75, 3.05) is 6.54 Å². The minimum absolute atomic E-state index is 0.563. The smallest absolute Gasteiger partial charge is 0.152 e. The topological polar surface area (TPSA) is 56.7 Å². The Morgan fingerprint density at radius 3 is 2.79 bits per heavy atom. The summed E-state index contributed by atoms with van der Waals surface area (Å²) in [6.45, 7) is 0.563. The van der Waals surface area contributed by atoms with E-state index in [4.69, 9.17) is 5.73 Å². The molecule has 3 rings (SSSR count). The molecule has 0 radical (unpaired) electrons. The van der Waals surface area contributed by atoms with E-state index in [1.807, 2.05) is 36.4 Å². The van der Waals surface area contributed by atoms with Gasteiger partial charge in [0.15, 0.2) is 5.82 Å². The van der Waals surface area contributed by atoms with Crippen LogP contribution in [0.15, 0.2) is 47.1 Å². The normalized spacial score (nSPS) is 11.1. The van der Waals surface area contributed by atoms with E-state index >= 15 is 0 Å². The highest BCUT2D eigenvalue weighted by atomic mass is 79.9. The Morgan fingerprint density at radius 1 is 1.16 bits per heavy atom. The van der Waals surface area contributed by atoms with Crippen LogP contribution in [0.1, 0.15) is 5.82 Å². The third kappa shape index (κ3) is 2.15. The molecule has 0 amide bonds. The van der Waals surface area contributed by atoms with E-state index in [2.05, 4.69) is 30.5 Å². The first kappa shape index (κ1) is 12.3. The van der Waals surface area contributed by atoms with Crippen LogP contribution in [0, 0.1) is 0 Å². The van der Waals surface area contributed by atoms with Crippen LogP contribution in [-0.4, -0.2) is 21.1 Å². The van der Waals surface area contributed by atoms with Crippen molar-refractivity contribution in [2.24, 2.45) is 5.73 Å². The molecule has 5 heteroatoms. The van der Waals surface area contributed by atoms with Crippen LogP contribution >= 0.6 is 15.9 Å². The van der Waals surface area contributed by atoms with Gasteiger partial charge in [-0.2, -0.15) is 0 Å². The summed E-state index contributed by atoms with van der Waals surface area (Å²) in [5.41, 5.74) is 7.69. The summed E-state index contributed by atoms with van der Waals surface area (Å²) in [7, 11) is 0. The van der Waals surface area contributed by atoms with E-state index < -0.39 is 0 Å². The second-order valence-electron chi connectivity index (χ2n) is 4.20. The number of benzene rings is 1. The van der Waals surface area contributed by atoms with E-state index in [-0.39, 0.29) is 0 Å². The van der Waals surface area contributed by atoms with Crippen molar-refractivity contribution in [3.63, 3.8) is 0 Å². The van der Waals surface area contributed by atoms with Gasteiger partial charge in [-0.05, 0) is 46.7 Å². The summed E-state index contributed by atoms with van der Waals surface area (Å²) in [6.07, 6.45) is 2.50. The molecule has 2 aromatic heterocycles. The summed E-state index contributed by atoms with van der Waals surface area (Å²) in [5, 5.41) is 0. The van der Waals surface area contributed by atoms with Crippen LogP contribution in [0.4, 0.5) is 0 Å². The highest BCUT2D eigenvalue weighted by Crippen LogP contribution is 2.25. The lowest BCUT2D eigenvalue weighted by Crippen LogP contribution is -2.10. The molecule has 0 fully saturated rings. The second-order valence-corrected chi connectivity index (χ2v) is 5.05. The summed E-state index contributed by atoms with van der Waals surface area (Å²) >= 11 is 3.55. The van der Waals surface area contributed by atoms with Gasteiger partial charge in [-0.1, -0.05) is 12.1 Å². The molecule has 0 saturated heterocycles. The number of nitrogens with zero attached hydrogens (tertiary/aromatic N) is 3. The van der Waals surface area contributed by atoms with Gasteiger partial charge in [0.2, 0.25) is 0 Å². The van der Waals surface area contributed by atoms with Crippen LogP contribution in [0.5, 0.6) is 0 Å². The Kier molecular flexibility index (Phi) is 3.31. The van der Waals surface area contributed by atoms with E-state index in [0.29, 0.717) is 6.54 Å². The van der Waals surface area contributed by atoms with Gasteiger partial charge in [-0.15, -0.1) is 0 Å². The number of halogens is 1. The van der Waals surface area contributed by atoms with Crippen LogP contribution in [0.3, 0.4) is 0 Å². The van der Waals surface area contributed by atoms with Crippen LogP contribution in [0.2, 0.25) is 0 Å². The maximum atomic E-state index is 5.68. The maximum Gasteiger partial charge on any atom is 0.152 e. The molecule has 4 nitrogen and oxygen atoms in total. The Labute approximate surface area is 119 Å². The summed E-state index contributed by atoms with van der Waals surface area (Å²) < 4.78 is 3.00. The highest BCUT2D eigenvalue weighted by molar-refractivity contribution is 9.10. The largest absolute Gasteiger partial charge is 0.330 e. The van der Waals surface area contributed by atoms with Gasteiger partial charge in [-0.25, -0.2) is 9.97 Å². The average Bonchev–Trinajstić information content (AvgIpc) is 2.78. The van der Waals surface area contributed by atoms with Gasteiger partial charge in [0.05, 0.1) is 15.5 Å². The molecule has 0 aliphatic carbocycles.